The molecule has 0 radical (unpaired) electrons. The molecule has 1 unspecified atom stereocenters. The van der Waals surface area contributed by atoms with Gasteiger partial charge < -0.3 is 26.2 Å². The molecule has 0 saturated heterocycles. The lowest BCUT2D eigenvalue weighted by Crippen LogP contribution is -2.44. The number of nitrogens with one attached hydrogen (secondary N) is 2. The highest BCUT2D eigenvalue weighted by atomic mass is 16.5. The maximum atomic E-state index is 13.2. The van der Waals surface area contributed by atoms with Crippen LogP contribution in [0.1, 0.15) is 41.0 Å². The number of rotatable bonds is 9. The molecule has 8 nitrogen and oxygen atoms in total. The Morgan fingerprint density at radius 3 is 2.05 bits per heavy atom. The number of amides is 2. The number of carboxylic acids is 1. The van der Waals surface area contributed by atoms with Crippen molar-refractivity contribution in [2.24, 2.45) is 0 Å². The SMILES string of the molecule is Cc1cc(-c2ccc(NC(=O)C(CCC(=O)O)NC(=O)OCC3c4ccccc4-c4ccccc43)c(C)c2)ccc1N. The lowest BCUT2D eigenvalue weighted by molar-refractivity contribution is -0.137. The lowest BCUT2D eigenvalue weighted by Gasteiger charge is -2.20. The van der Waals surface area contributed by atoms with Gasteiger partial charge in [0.2, 0.25) is 5.91 Å². The van der Waals surface area contributed by atoms with E-state index >= 15 is 0 Å². The quantitative estimate of drug-likeness (QED) is 0.178. The van der Waals surface area contributed by atoms with Gasteiger partial charge in [0.15, 0.2) is 0 Å². The third-order valence-corrected chi connectivity index (χ3v) is 7.69. The van der Waals surface area contributed by atoms with Gasteiger partial charge in [-0.2, -0.15) is 0 Å². The summed E-state index contributed by atoms with van der Waals surface area (Å²) in [5.41, 5.74) is 15.3. The third kappa shape index (κ3) is 6.12. The molecule has 5 N–H and O–H groups in total. The van der Waals surface area contributed by atoms with Gasteiger partial charge in [0, 0.05) is 23.7 Å². The second-order valence-electron chi connectivity index (χ2n) is 10.5. The highest BCUT2D eigenvalue weighted by molar-refractivity contribution is 5.97. The van der Waals surface area contributed by atoms with E-state index < -0.39 is 24.0 Å². The largest absolute Gasteiger partial charge is 0.481 e. The Morgan fingerprint density at radius 2 is 1.45 bits per heavy atom. The van der Waals surface area contributed by atoms with Gasteiger partial charge >= 0.3 is 12.1 Å². The fourth-order valence-electron chi connectivity index (χ4n) is 5.38. The van der Waals surface area contributed by atoms with Gasteiger partial charge in [0.1, 0.15) is 12.6 Å². The molecule has 5 rings (SSSR count). The van der Waals surface area contributed by atoms with Crippen molar-refractivity contribution in [1.82, 2.24) is 5.32 Å². The van der Waals surface area contributed by atoms with Crippen molar-refractivity contribution < 1.29 is 24.2 Å². The Morgan fingerprint density at radius 1 is 0.857 bits per heavy atom. The monoisotopic (exact) mass is 563 g/mol. The molecule has 0 bridgehead atoms. The first-order chi connectivity index (χ1) is 20.2. The van der Waals surface area contributed by atoms with Crippen LogP contribution < -0.4 is 16.4 Å². The standard InChI is InChI=1S/C34H33N3O5/c1-20-17-22(11-13-29(20)35)23-12-14-30(21(2)18-23)36-33(40)31(15-16-32(38)39)37-34(41)42-19-28-26-9-5-3-7-24(26)25-8-4-6-10-27(25)28/h3-14,17-18,28,31H,15-16,19,35H2,1-2H3,(H,36,40)(H,37,41)(H,38,39). The maximum absolute atomic E-state index is 13.2. The number of hydrogen-bond donors (Lipinski definition) is 4. The number of alkyl carbamates (subject to hydrolysis) is 1. The molecule has 0 spiro atoms. The number of aryl methyl sites for hydroxylation is 2. The molecule has 1 aliphatic carbocycles. The number of nitrogens with two attached hydrogens (primary N) is 1. The first-order valence-electron chi connectivity index (χ1n) is 13.8. The summed E-state index contributed by atoms with van der Waals surface area (Å²) in [4.78, 5) is 37.4. The van der Waals surface area contributed by atoms with E-state index in [9.17, 15) is 19.5 Å². The van der Waals surface area contributed by atoms with Crippen molar-refractivity contribution in [3.63, 3.8) is 0 Å². The molecule has 0 fully saturated rings. The van der Waals surface area contributed by atoms with Crippen LogP contribution in [0.25, 0.3) is 22.3 Å². The van der Waals surface area contributed by atoms with Crippen LogP contribution in [-0.2, 0) is 14.3 Å². The molecule has 0 saturated carbocycles. The van der Waals surface area contributed by atoms with E-state index in [4.69, 9.17) is 10.5 Å². The van der Waals surface area contributed by atoms with Crippen LogP contribution in [0.4, 0.5) is 16.2 Å². The number of nitrogen functional groups attached to an aromatic ring is 1. The van der Waals surface area contributed by atoms with Gasteiger partial charge in [-0.1, -0.05) is 60.7 Å². The number of carboxylic acid groups (broad SMARTS) is 1. The van der Waals surface area contributed by atoms with Crippen LogP contribution in [0.3, 0.4) is 0 Å². The van der Waals surface area contributed by atoms with Gasteiger partial charge in [0.05, 0.1) is 0 Å². The van der Waals surface area contributed by atoms with Crippen molar-refractivity contribution in [1.29, 1.82) is 0 Å². The molecule has 2 amide bonds. The van der Waals surface area contributed by atoms with Crippen LogP contribution in [0, 0.1) is 13.8 Å². The van der Waals surface area contributed by atoms with Crippen LogP contribution in [-0.4, -0.2) is 35.7 Å². The lowest BCUT2D eigenvalue weighted by atomic mass is 9.98. The third-order valence-electron chi connectivity index (χ3n) is 7.69. The summed E-state index contributed by atoms with van der Waals surface area (Å²) in [6.07, 6.45) is -1.17. The number of aliphatic carboxylic acids is 1. The van der Waals surface area contributed by atoms with E-state index in [1.807, 2.05) is 92.7 Å². The van der Waals surface area contributed by atoms with Gasteiger partial charge in [0.25, 0.3) is 0 Å². The molecule has 0 heterocycles. The second-order valence-corrected chi connectivity index (χ2v) is 10.5. The zero-order valence-corrected chi connectivity index (χ0v) is 23.5. The first-order valence-corrected chi connectivity index (χ1v) is 13.8. The van der Waals surface area contributed by atoms with Crippen molar-refractivity contribution in [3.05, 3.63) is 107 Å². The Kier molecular flexibility index (Phi) is 8.24. The molecule has 214 valence electrons. The van der Waals surface area contributed by atoms with Crippen molar-refractivity contribution in [2.45, 2.75) is 38.6 Å². The van der Waals surface area contributed by atoms with E-state index in [0.717, 1.165) is 50.2 Å². The van der Waals surface area contributed by atoms with E-state index in [1.54, 1.807) is 6.07 Å². The summed E-state index contributed by atoms with van der Waals surface area (Å²) in [6.45, 7) is 3.90. The van der Waals surface area contributed by atoms with Crippen molar-refractivity contribution in [2.75, 3.05) is 17.7 Å². The summed E-state index contributed by atoms with van der Waals surface area (Å²) in [5.74, 6) is -1.73. The highest BCUT2D eigenvalue weighted by Crippen LogP contribution is 2.44. The molecule has 1 atom stereocenters. The number of anilines is 2. The number of hydrogen-bond acceptors (Lipinski definition) is 5. The number of benzene rings is 4. The average Bonchev–Trinajstić information content (AvgIpc) is 3.30. The highest BCUT2D eigenvalue weighted by Gasteiger charge is 2.30. The number of carbonyl (C=O) groups excluding carboxylic acids is 2. The van der Waals surface area contributed by atoms with Gasteiger partial charge in [-0.3, -0.25) is 9.59 Å². The number of ether oxygens (including phenoxy) is 1. The molecule has 42 heavy (non-hydrogen) atoms. The second kappa shape index (κ2) is 12.2. The van der Waals surface area contributed by atoms with Crippen LogP contribution in [0.2, 0.25) is 0 Å². The summed E-state index contributed by atoms with van der Waals surface area (Å²) >= 11 is 0. The molecule has 1 aliphatic rings. The first kappa shape index (κ1) is 28.4. The zero-order valence-electron chi connectivity index (χ0n) is 23.5. The summed E-state index contributed by atoms with van der Waals surface area (Å²) in [7, 11) is 0. The predicted octanol–water partition coefficient (Wildman–Crippen LogP) is 6.26. The average molecular weight is 564 g/mol. The zero-order chi connectivity index (χ0) is 29.8. The van der Waals surface area contributed by atoms with Gasteiger partial charge in [-0.25, -0.2) is 4.79 Å². The normalized spacial score (nSPS) is 12.6. The predicted molar refractivity (Wildman–Crippen MR) is 163 cm³/mol. The van der Waals surface area contributed by atoms with Crippen molar-refractivity contribution in [3.8, 4) is 22.3 Å². The molecule has 4 aromatic rings. The van der Waals surface area contributed by atoms with E-state index in [-0.39, 0.29) is 25.4 Å². The minimum atomic E-state index is -1.10. The molecule has 8 heteroatoms. The maximum Gasteiger partial charge on any atom is 0.407 e. The molecular weight excluding hydrogens is 530 g/mol. The van der Waals surface area contributed by atoms with Gasteiger partial charge in [-0.15, -0.1) is 0 Å². The molecule has 4 aromatic carbocycles. The minimum Gasteiger partial charge on any atom is -0.481 e. The van der Waals surface area contributed by atoms with Crippen molar-refractivity contribution >= 4 is 29.3 Å². The minimum absolute atomic E-state index is 0.0817. The van der Waals surface area contributed by atoms with Crippen LogP contribution in [0.15, 0.2) is 84.9 Å². The summed E-state index contributed by atoms with van der Waals surface area (Å²) < 4.78 is 5.60. The topological polar surface area (TPSA) is 131 Å². The smallest absolute Gasteiger partial charge is 0.407 e. The fourth-order valence-corrected chi connectivity index (χ4v) is 5.38. The Hall–Kier alpha value is -5.11. The molecule has 0 aliphatic heterocycles. The number of fused-ring (bicyclic) bond motifs is 3. The van der Waals surface area contributed by atoms with E-state index in [2.05, 4.69) is 10.6 Å². The van der Waals surface area contributed by atoms with E-state index in [0.29, 0.717) is 5.69 Å². The Bertz CT molecular complexity index is 1620. The van der Waals surface area contributed by atoms with Crippen LogP contribution in [0.5, 0.6) is 0 Å². The Balaban J connectivity index is 1.26. The fraction of sp³-hybridized carbons (Fsp3) is 0.206. The Labute approximate surface area is 244 Å². The molecule has 0 aromatic heterocycles. The summed E-state index contributed by atoms with van der Waals surface area (Å²) in [5, 5.41) is 14.7. The van der Waals surface area contributed by atoms with E-state index in [1.165, 1.54) is 0 Å². The molecular formula is C34H33N3O5. The van der Waals surface area contributed by atoms with Gasteiger partial charge in [-0.05, 0) is 89.0 Å². The number of carbonyl (C=O) groups is 3. The van der Waals surface area contributed by atoms with Crippen LogP contribution >= 0.6 is 0 Å². The summed E-state index contributed by atoms with van der Waals surface area (Å²) in [6, 6.07) is 26.3.